The van der Waals surface area contributed by atoms with Gasteiger partial charge in [-0.3, -0.25) is 0 Å². The Bertz CT molecular complexity index is 588. The first-order valence-electron chi connectivity index (χ1n) is 5.29. The van der Waals surface area contributed by atoms with Gasteiger partial charge in [-0.25, -0.2) is 19.3 Å². The number of nitrogens with one attached hydrogen (secondary N) is 1. The second-order valence-corrected chi connectivity index (χ2v) is 4.79. The number of alkyl halides is 1. The number of anilines is 1. The molecule has 0 saturated heterocycles. The zero-order chi connectivity index (χ0) is 12.6. The van der Waals surface area contributed by atoms with Crippen LogP contribution in [0.25, 0.3) is 5.65 Å². The van der Waals surface area contributed by atoms with Crippen LogP contribution in [-0.2, 0) is 0 Å². The largest absolute Gasteiger partial charge is 0.358 e. The van der Waals surface area contributed by atoms with Crippen LogP contribution >= 0.6 is 11.6 Å². The Kier molecular flexibility index (Phi) is 3.06. The van der Waals surface area contributed by atoms with E-state index in [1.807, 2.05) is 18.9 Å². The van der Waals surface area contributed by atoms with Gasteiger partial charge < -0.3 is 4.90 Å². The molecule has 1 N–H and O–H groups in total. The van der Waals surface area contributed by atoms with E-state index in [0.29, 0.717) is 18.0 Å². The van der Waals surface area contributed by atoms with Crippen molar-refractivity contribution in [3.05, 3.63) is 22.4 Å². The van der Waals surface area contributed by atoms with Crippen LogP contribution in [0.5, 0.6) is 0 Å². The molecular weight excluding hydrogens is 242 g/mol. The third kappa shape index (κ3) is 2.26. The summed E-state index contributed by atoms with van der Waals surface area (Å²) in [5, 5.41) is 6.35. The van der Waals surface area contributed by atoms with Crippen LogP contribution in [0.4, 0.5) is 5.82 Å². The van der Waals surface area contributed by atoms with E-state index in [2.05, 4.69) is 15.2 Å². The molecule has 7 heteroatoms. The van der Waals surface area contributed by atoms with Crippen LogP contribution in [0.3, 0.4) is 0 Å². The monoisotopic (exact) mass is 255 g/mol. The Labute approximate surface area is 103 Å². The number of aryl methyl sites for hydroxylation is 1. The van der Waals surface area contributed by atoms with Crippen LogP contribution in [0, 0.1) is 6.92 Å². The van der Waals surface area contributed by atoms with Crippen molar-refractivity contribution in [3.63, 3.8) is 0 Å². The van der Waals surface area contributed by atoms with Gasteiger partial charge in [0.2, 0.25) is 0 Å². The van der Waals surface area contributed by atoms with E-state index < -0.39 is 0 Å². The number of aromatic amines is 1. The Balaban J connectivity index is 2.47. The van der Waals surface area contributed by atoms with E-state index in [-0.39, 0.29) is 11.1 Å². The lowest BCUT2D eigenvalue weighted by Crippen LogP contribution is -2.26. The fourth-order valence-corrected chi connectivity index (χ4v) is 1.96. The number of hydrogen-bond donors (Lipinski definition) is 1. The molecule has 0 fully saturated rings. The SMILES string of the molecule is Cc1nc(N(C)CC(C)Cl)cc2n[nH]c(=O)n12. The Morgan fingerprint density at radius 1 is 1.65 bits per heavy atom. The van der Waals surface area contributed by atoms with Crippen LogP contribution in [0.1, 0.15) is 12.7 Å². The summed E-state index contributed by atoms with van der Waals surface area (Å²) in [7, 11) is 1.90. The summed E-state index contributed by atoms with van der Waals surface area (Å²) in [5.74, 6) is 1.35. The highest BCUT2D eigenvalue weighted by atomic mass is 35.5. The number of aromatic nitrogens is 4. The molecule has 2 rings (SSSR count). The van der Waals surface area contributed by atoms with Crippen molar-refractivity contribution < 1.29 is 0 Å². The zero-order valence-corrected chi connectivity index (χ0v) is 10.7. The van der Waals surface area contributed by atoms with E-state index in [0.717, 1.165) is 5.82 Å². The van der Waals surface area contributed by atoms with Crippen molar-refractivity contribution in [2.45, 2.75) is 19.2 Å². The van der Waals surface area contributed by atoms with Gasteiger partial charge in [0.25, 0.3) is 0 Å². The van der Waals surface area contributed by atoms with Crippen LogP contribution in [0.15, 0.2) is 10.9 Å². The standard InChI is InChI=1S/C10H14ClN5O/c1-6(11)5-15(3)8-4-9-13-14-10(17)16(9)7(2)12-8/h4,6H,5H2,1-3H3,(H,14,17). The van der Waals surface area contributed by atoms with Gasteiger partial charge in [0.1, 0.15) is 11.6 Å². The van der Waals surface area contributed by atoms with Gasteiger partial charge in [-0.1, -0.05) is 0 Å². The average Bonchev–Trinajstić information content (AvgIpc) is 2.59. The van der Waals surface area contributed by atoms with Crippen molar-refractivity contribution in [3.8, 4) is 0 Å². The summed E-state index contributed by atoms with van der Waals surface area (Å²) in [6.45, 7) is 4.37. The molecule has 6 nitrogen and oxygen atoms in total. The number of nitrogens with zero attached hydrogens (tertiary/aromatic N) is 4. The van der Waals surface area contributed by atoms with Gasteiger partial charge in [0.15, 0.2) is 5.65 Å². The molecular formula is C10H14ClN5O. The topological polar surface area (TPSA) is 66.3 Å². The quantitative estimate of drug-likeness (QED) is 0.824. The molecule has 0 saturated carbocycles. The maximum Gasteiger partial charge on any atom is 0.349 e. The number of halogens is 1. The summed E-state index contributed by atoms with van der Waals surface area (Å²) < 4.78 is 1.43. The summed E-state index contributed by atoms with van der Waals surface area (Å²) >= 11 is 5.94. The Morgan fingerprint density at radius 2 is 2.35 bits per heavy atom. The summed E-state index contributed by atoms with van der Waals surface area (Å²) in [5.41, 5.74) is 0.288. The number of hydrogen-bond acceptors (Lipinski definition) is 4. The predicted octanol–water partition coefficient (Wildman–Crippen LogP) is 0.790. The molecule has 1 unspecified atom stereocenters. The lowest BCUT2D eigenvalue weighted by Gasteiger charge is -2.19. The van der Waals surface area contributed by atoms with E-state index in [1.54, 1.807) is 13.0 Å². The maximum atomic E-state index is 11.4. The van der Waals surface area contributed by atoms with Gasteiger partial charge in [-0.15, -0.1) is 11.6 Å². The molecule has 0 amide bonds. The second-order valence-electron chi connectivity index (χ2n) is 4.05. The van der Waals surface area contributed by atoms with Crippen molar-refractivity contribution in [1.82, 2.24) is 19.6 Å². The molecule has 0 aliphatic heterocycles. The highest BCUT2D eigenvalue weighted by molar-refractivity contribution is 6.20. The molecule has 0 spiro atoms. The highest BCUT2D eigenvalue weighted by Gasteiger charge is 2.11. The third-order valence-corrected chi connectivity index (χ3v) is 2.61. The Hall–Kier alpha value is -1.56. The highest BCUT2D eigenvalue weighted by Crippen LogP contribution is 2.13. The average molecular weight is 256 g/mol. The molecule has 0 radical (unpaired) electrons. The lowest BCUT2D eigenvalue weighted by atomic mass is 10.4. The first-order valence-corrected chi connectivity index (χ1v) is 5.72. The fraction of sp³-hybridized carbons (Fsp3) is 0.500. The van der Waals surface area contributed by atoms with Crippen molar-refractivity contribution in [1.29, 1.82) is 0 Å². The second kappa shape index (κ2) is 4.37. The lowest BCUT2D eigenvalue weighted by molar-refractivity contribution is 0.828. The molecule has 0 aliphatic rings. The zero-order valence-electron chi connectivity index (χ0n) is 9.94. The molecule has 0 bridgehead atoms. The smallest absolute Gasteiger partial charge is 0.349 e. The van der Waals surface area contributed by atoms with Crippen molar-refractivity contribution in [2.24, 2.45) is 0 Å². The van der Waals surface area contributed by atoms with E-state index in [4.69, 9.17) is 11.6 Å². The first kappa shape index (κ1) is 11.9. The van der Waals surface area contributed by atoms with E-state index >= 15 is 0 Å². The third-order valence-electron chi connectivity index (χ3n) is 2.47. The molecule has 2 aromatic heterocycles. The predicted molar refractivity (Wildman–Crippen MR) is 66.9 cm³/mol. The molecule has 0 aromatic carbocycles. The molecule has 2 aromatic rings. The molecule has 0 aliphatic carbocycles. The van der Waals surface area contributed by atoms with Gasteiger partial charge in [-0.2, -0.15) is 5.10 Å². The minimum absolute atomic E-state index is 0.0275. The van der Waals surface area contributed by atoms with Crippen LogP contribution < -0.4 is 10.6 Å². The fourth-order valence-electron chi connectivity index (χ4n) is 1.75. The van der Waals surface area contributed by atoms with E-state index in [1.165, 1.54) is 4.40 Å². The minimum Gasteiger partial charge on any atom is -0.358 e. The molecule has 17 heavy (non-hydrogen) atoms. The Morgan fingerprint density at radius 3 is 3.00 bits per heavy atom. The molecule has 92 valence electrons. The molecule has 2 heterocycles. The van der Waals surface area contributed by atoms with Gasteiger partial charge in [0.05, 0.1) is 0 Å². The van der Waals surface area contributed by atoms with Gasteiger partial charge in [0, 0.05) is 25.0 Å². The van der Waals surface area contributed by atoms with Crippen LogP contribution in [-0.4, -0.2) is 38.6 Å². The van der Waals surface area contributed by atoms with Gasteiger partial charge >= 0.3 is 5.69 Å². The van der Waals surface area contributed by atoms with E-state index in [9.17, 15) is 4.79 Å². The summed E-state index contributed by atoms with van der Waals surface area (Å²) in [4.78, 5) is 17.7. The minimum atomic E-state index is -0.273. The number of H-pyrrole nitrogens is 1. The summed E-state index contributed by atoms with van der Waals surface area (Å²) in [6, 6.07) is 1.75. The van der Waals surface area contributed by atoms with Gasteiger partial charge in [-0.05, 0) is 13.8 Å². The maximum absolute atomic E-state index is 11.4. The van der Waals surface area contributed by atoms with Crippen molar-refractivity contribution >= 4 is 23.1 Å². The first-order chi connectivity index (χ1) is 7.99. The number of fused-ring (bicyclic) bond motifs is 1. The number of rotatable bonds is 3. The van der Waals surface area contributed by atoms with Crippen molar-refractivity contribution in [2.75, 3.05) is 18.5 Å². The van der Waals surface area contributed by atoms with Crippen LogP contribution in [0.2, 0.25) is 0 Å². The molecule has 1 atom stereocenters. The normalized spacial score (nSPS) is 12.9. The summed E-state index contributed by atoms with van der Waals surface area (Å²) in [6.07, 6.45) is 0.